The van der Waals surface area contributed by atoms with Crippen LogP contribution in [0.25, 0.3) is 0 Å². The molecule has 1 atom stereocenters. The summed E-state index contributed by atoms with van der Waals surface area (Å²) >= 11 is 6.15. The number of esters is 1. The summed E-state index contributed by atoms with van der Waals surface area (Å²) in [6.45, 7) is 4.73. The minimum absolute atomic E-state index is 0.101. The third-order valence-corrected chi connectivity index (χ3v) is 5.20. The number of ether oxygens (including phenoxy) is 1. The number of hydrogen-bond donors (Lipinski definition) is 0. The van der Waals surface area contributed by atoms with Gasteiger partial charge in [-0.1, -0.05) is 23.7 Å². The molecule has 1 aromatic carbocycles. The van der Waals surface area contributed by atoms with E-state index in [4.69, 9.17) is 16.3 Å². The number of carbonyl (C=O) groups excluding carboxylic acids is 1. The molecule has 0 amide bonds. The predicted molar refractivity (Wildman–Crippen MR) is 102 cm³/mol. The van der Waals surface area contributed by atoms with Crippen LogP contribution in [0.3, 0.4) is 0 Å². The second-order valence-electron chi connectivity index (χ2n) is 7.14. The molecule has 0 aliphatic carbocycles. The van der Waals surface area contributed by atoms with E-state index in [9.17, 15) is 4.79 Å². The molecule has 6 heteroatoms. The molecule has 0 radical (unpaired) electrons. The first kappa shape index (κ1) is 18.9. The van der Waals surface area contributed by atoms with Gasteiger partial charge in [0.05, 0.1) is 18.2 Å². The highest BCUT2D eigenvalue weighted by Crippen LogP contribution is 2.36. The van der Waals surface area contributed by atoms with Gasteiger partial charge in [-0.25, -0.2) is 0 Å². The van der Waals surface area contributed by atoms with E-state index in [-0.39, 0.29) is 5.97 Å². The summed E-state index contributed by atoms with van der Waals surface area (Å²) in [5.41, 5.74) is 1.71. The molecule has 3 rings (SSSR count). The molecule has 2 heterocycles. The van der Waals surface area contributed by atoms with Crippen molar-refractivity contribution in [3.05, 3.63) is 52.8 Å². The molecule has 0 unspecified atom stereocenters. The Hall–Kier alpha value is -1.85. The van der Waals surface area contributed by atoms with E-state index in [2.05, 4.69) is 10.00 Å². The van der Waals surface area contributed by atoms with Crippen LogP contribution in [0.15, 0.2) is 36.7 Å². The van der Waals surface area contributed by atoms with Gasteiger partial charge in [0, 0.05) is 36.9 Å². The largest absolute Gasteiger partial charge is 0.466 e. The van der Waals surface area contributed by atoms with Crippen molar-refractivity contribution in [2.75, 3.05) is 19.7 Å². The number of likely N-dealkylation sites (tertiary alicyclic amines) is 1. The van der Waals surface area contributed by atoms with Gasteiger partial charge in [-0.15, -0.1) is 0 Å². The van der Waals surface area contributed by atoms with Crippen LogP contribution in [0.2, 0.25) is 5.02 Å². The molecule has 1 aromatic heterocycles. The molecule has 26 heavy (non-hydrogen) atoms. The van der Waals surface area contributed by atoms with Crippen LogP contribution in [0.4, 0.5) is 0 Å². The summed E-state index contributed by atoms with van der Waals surface area (Å²) < 4.78 is 7.28. The van der Waals surface area contributed by atoms with Gasteiger partial charge < -0.3 is 4.74 Å². The Morgan fingerprint density at radius 1 is 1.38 bits per heavy atom. The van der Waals surface area contributed by atoms with Crippen LogP contribution >= 0.6 is 11.6 Å². The SMILES string of the molecule is CCOC(=O)[C@@]1(Cc2cccc(Cl)c2)CCCN(Cc2cnn(C)c2)C1. The van der Waals surface area contributed by atoms with Crippen molar-refractivity contribution in [2.45, 2.75) is 32.7 Å². The minimum Gasteiger partial charge on any atom is -0.466 e. The molecular weight excluding hydrogens is 350 g/mol. The number of benzene rings is 1. The molecule has 0 saturated carbocycles. The average Bonchev–Trinajstić information content (AvgIpc) is 3.00. The second kappa shape index (κ2) is 8.23. The highest BCUT2D eigenvalue weighted by atomic mass is 35.5. The van der Waals surface area contributed by atoms with Gasteiger partial charge in [0.2, 0.25) is 0 Å². The zero-order chi connectivity index (χ0) is 18.6. The van der Waals surface area contributed by atoms with E-state index in [0.717, 1.165) is 37.1 Å². The molecule has 5 nitrogen and oxygen atoms in total. The lowest BCUT2D eigenvalue weighted by atomic mass is 9.75. The van der Waals surface area contributed by atoms with E-state index in [1.165, 1.54) is 0 Å². The maximum Gasteiger partial charge on any atom is 0.313 e. The Morgan fingerprint density at radius 2 is 2.23 bits per heavy atom. The van der Waals surface area contributed by atoms with Crippen molar-refractivity contribution >= 4 is 17.6 Å². The fraction of sp³-hybridized carbons (Fsp3) is 0.500. The number of nitrogens with zero attached hydrogens (tertiary/aromatic N) is 3. The molecule has 1 aliphatic rings. The van der Waals surface area contributed by atoms with Crippen molar-refractivity contribution in [3.8, 4) is 0 Å². The fourth-order valence-corrected chi connectivity index (χ4v) is 4.09. The van der Waals surface area contributed by atoms with Crippen LogP contribution in [-0.4, -0.2) is 40.3 Å². The molecule has 0 spiro atoms. The Kier molecular flexibility index (Phi) is 5.99. The lowest BCUT2D eigenvalue weighted by Crippen LogP contribution is -2.49. The molecule has 0 bridgehead atoms. The normalized spacial score (nSPS) is 20.9. The number of halogens is 1. The monoisotopic (exact) mass is 375 g/mol. The first-order valence-electron chi connectivity index (χ1n) is 9.12. The van der Waals surface area contributed by atoms with Crippen LogP contribution in [0, 0.1) is 5.41 Å². The minimum atomic E-state index is -0.527. The number of carbonyl (C=O) groups is 1. The van der Waals surface area contributed by atoms with E-state index >= 15 is 0 Å². The number of hydrogen-bond acceptors (Lipinski definition) is 4. The Labute approximate surface area is 159 Å². The summed E-state index contributed by atoms with van der Waals surface area (Å²) in [6.07, 6.45) is 6.37. The maximum absolute atomic E-state index is 12.9. The molecule has 1 aliphatic heterocycles. The highest BCUT2D eigenvalue weighted by molar-refractivity contribution is 6.30. The predicted octanol–water partition coefficient (Wildman–Crippen LogP) is 3.46. The summed E-state index contributed by atoms with van der Waals surface area (Å²) in [4.78, 5) is 15.2. The third-order valence-electron chi connectivity index (χ3n) is 4.96. The molecule has 2 aromatic rings. The zero-order valence-electron chi connectivity index (χ0n) is 15.4. The molecule has 1 fully saturated rings. The van der Waals surface area contributed by atoms with Gasteiger partial charge in [0.1, 0.15) is 0 Å². The van der Waals surface area contributed by atoms with Crippen LogP contribution in [-0.2, 0) is 29.5 Å². The molecule has 0 N–H and O–H groups in total. The van der Waals surface area contributed by atoms with Crippen LogP contribution in [0.1, 0.15) is 30.9 Å². The number of aromatic nitrogens is 2. The number of aryl methyl sites for hydroxylation is 1. The first-order valence-corrected chi connectivity index (χ1v) is 9.50. The summed E-state index contributed by atoms with van der Waals surface area (Å²) in [5, 5.41) is 4.94. The van der Waals surface area contributed by atoms with Crippen molar-refractivity contribution < 1.29 is 9.53 Å². The Balaban J connectivity index is 1.81. The summed E-state index contributed by atoms with van der Waals surface area (Å²) in [5.74, 6) is -0.101. The average molecular weight is 376 g/mol. The maximum atomic E-state index is 12.9. The zero-order valence-corrected chi connectivity index (χ0v) is 16.2. The van der Waals surface area contributed by atoms with E-state index in [1.807, 2.05) is 55.3 Å². The van der Waals surface area contributed by atoms with E-state index in [1.54, 1.807) is 0 Å². The van der Waals surface area contributed by atoms with Crippen molar-refractivity contribution in [1.29, 1.82) is 0 Å². The number of piperidine rings is 1. The van der Waals surface area contributed by atoms with E-state index in [0.29, 0.717) is 24.6 Å². The van der Waals surface area contributed by atoms with Gasteiger partial charge in [-0.05, 0) is 50.4 Å². The summed E-state index contributed by atoms with van der Waals surface area (Å²) in [6, 6.07) is 7.78. The summed E-state index contributed by atoms with van der Waals surface area (Å²) in [7, 11) is 1.92. The lowest BCUT2D eigenvalue weighted by molar-refractivity contribution is -0.159. The van der Waals surface area contributed by atoms with Crippen molar-refractivity contribution in [3.63, 3.8) is 0 Å². The lowest BCUT2D eigenvalue weighted by Gasteiger charge is -2.41. The van der Waals surface area contributed by atoms with Gasteiger partial charge >= 0.3 is 5.97 Å². The van der Waals surface area contributed by atoms with Gasteiger partial charge in [-0.2, -0.15) is 5.10 Å². The van der Waals surface area contributed by atoms with Crippen molar-refractivity contribution in [2.24, 2.45) is 12.5 Å². The third kappa shape index (κ3) is 4.46. The second-order valence-corrected chi connectivity index (χ2v) is 7.58. The van der Waals surface area contributed by atoms with Gasteiger partial charge in [0.25, 0.3) is 0 Å². The van der Waals surface area contributed by atoms with Crippen LogP contribution in [0.5, 0.6) is 0 Å². The molecule has 140 valence electrons. The topological polar surface area (TPSA) is 47.4 Å². The van der Waals surface area contributed by atoms with Crippen LogP contribution < -0.4 is 0 Å². The first-order chi connectivity index (χ1) is 12.5. The smallest absolute Gasteiger partial charge is 0.313 e. The van der Waals surface area contributed by atoms with Gasteiger partial charge in [-0.3, -0.25) is 14.4 Å². The highest BCUT2D eigenvalue weighted by Gasteiger charge is 2.43. The van der Waals surface area contributed by atoms with Gasteiger partial charge in [0.15, 0.2) is 0 Å². The van der Waals surface area contributed by atoms with E-state index < -0.39 is 5.41 Å². The Bertz CT molecular complexity index is 761. The Morgan fingerprint density at radius 3 is 2.92 bits per heavy atom. The quantitative estimate of drug-likeness (QED) is 0.725. The molecule has 1 saturated heterocycles. The molecular formula is C20H26ClN3O2. The van der Waals surface area contributed by atoms with Crippen molar-refractivity contribution in [1.82, 2.24) is 14.7 Å². The standard InChI is InChI=1S/C20H26ClN3O2/c1-3-26-19(25)20(11-16-6-4-7-18(21)10-16)8-5-9-24(15-20)14-17-12-22-23(2)13-17/h4,6-7,10,12-13H,3,5,8-9,11,14-15H2,1-2H3/t20-/m1/s1. The number of rotatable bonds is 6. The fourth-order valence-electron chi connectivity index (χ4n) is 3.88.